The fourth-order valence-electron chi connectivity index (χ4n) is 1.05. The smallest absolute Gasteiger partial charge is 0.331 e. The minimum atomic E-state index is -6.15. The highest BCUT2D eigenvalue weighted by Gasteiger charge is 2.65. The highest BCUT2D eigenvalue weighted by molar-refractivity contribution is 6.30. The molecule has 0 fully saturated rings. The van der Waals surface area contributed by atoms with Gasteiger partial charge in [0, 0.05) is 7.05 Å². The molecule has 0 atom stereocenters. The van der Waals surface area contributed by atoms with E-state index in [9.17, 15) is 32.0 Å². The van der Waals surface area contributed by atoms with E-state index in [1.165, 1.54) is 0 Å². The monoisotopic (exact) mass is 291 g/mol. The molecule has 0 bridgehead atoms. The highest BCUT2D eigenvalue weighted by atomic mass is 35.5. The van der Waals surface area contributed by atoms with E-state index in [0.29, 0.717) is 0 Å². The van der Waals surface area contributed by atoms with Crippen LogP contribution in [0.15, 0.2) is 12.1 Å². The second-order valence-corrected chi connectivity index (χ2v) is 3.63. The summed E-state index contributed by atoms with van der Waals surface area (Å²) in [6, 6.07) is -3.86. The summed E-state index contributed by atoms with van der Waals surface area (Å²) < 4.78 is 61.7. The van der Waals surface area contributed by atoms with Crippen LogP contribution in [0.2, 0.25) is 5.15 Å². The Bertz CT molecular complexity index is 471. The first-order valence-corrected chi connectivity index (χ1v) is 4.65. The molecule has 0 unspecified atom stereocenters. The molecule has 101 valence electrons. The lowest BCUT2D eigenvalue weighted by Crippen LogP contribution is -2.52. The summed E-state index contributed by atoms with van der Waals surface area (Å²) in [5.74, 6) is -2.04. The number of aromatic nitrogens is 1. The third kappa shape index (κ3) is 2.27. The van der Waals surface area contributed by atoms with Crippen molar-refractivity contribution in [2.45, 2.75) is 12.2 Å². The third-order valence-electron chi connectivity index (χ3n) is 2.06. The molecular weight excluding hydrogens is 287 g/mol. The number of amides is 1. The van der Waals surface area contributed by atoms with E-state index in [4.69, 9.17) is 11.6 Å². The van der Waals surface area contributed by atoms with Crippen LogP contribution in [0.4, 0.5) is 22.0 Å². The fraction of sp³-hybridized carbons (Fsp3) is 0.375. The number of carbonyl (C=O) groups excluding carboxylic acids is 1. The first-order valence-electron chi connectivity index (χ1n) is 4.27. The van der Waals surface area contributed by atoms with Gasteiger partial charge >= 0.3 is 18.1 Å². The van der Waals surface area contributed by atoms with E-state index < -0.39 is 28.9 Å². The van der Waals surface area contributed by atoms with Gasteiger partial charge in [-0.1, -0.05) is 16.8 Å². The van der Waals surface area contributed by atoms with Crippen LogP contribution in [0, 0.1) is 0 Å². The molecule has 0 aliphatic carbocycles. The van der Waals surface area contributed by atoms with Crippen molar-refractivity contribution >= 4 is 17.5 Å². The second kappa shape index (κ2) is 4.39. The molecule has 10 heteroatoms. The van der Waals surface area contributed by atoms with Crippen LogP contribution in [0.3, 0.4) is 0 Å². The number of hydrogen-bond acceptors (Lipinski definition) is 1. The Kier molecular flexibility index (Phi) is 3.59. The largest absolute Gasteiger partial charge is 0.478 e. The van der Waals surface area contributed by atoms with E-state index in [2.05, 4.69) is 0 Å². The molecular formula is C8H5ClF5N2O2. The maximum absolute atomic E-state index is 12.6. The minimum Gasteiger partial charge on any atom is -0.331 e. The van der Waals surface area contributed by atoms with Gasteiger partial charge in [0.05, 0.1) is 0 Å². The van der Waals surface area contributed by atoms with Gasteiger partial charge in [-0.3, -0.25) is 4.79 Å². The van der Waals surface area contributed by atoms with Crippen molar-refractivity contribution < 1.29 is 32.0 Å². The predicted octanol–water partition coefficient (Wildman–Crippen LogP) is 2.62. The average molecular weight is 292 g/mol. The van der Waals surface area contributed by atoms with Crippen LogP contribution >= 0.6 is 11.6 Å². The van der Waals surface area contributed by atoms with Gasteiger partial charge in [-0.2, -0.15) is 22.0 Å². The molecule has 18 heavy (non-hydrogen) atoms. The van der Waals surface area contributed by atoms with Crippen LogP contribution in [0.1, 0.15) is 10.5 Å². The third-order valence-corrected chi connectivity index (χ3v) is 2.44. The Balaban J connectivity index is 3.09. The Hall–Kier alpha value is -1.35. The zero-order chi connectivity index (χ0) is 14.3. The van der Waals surface area contributed by atoms with Crippen molar-refractivity contribution in [2.75, 3.05) is 0 Å². The number of alkyl halides is 5. The Morgan fingerprint density at radius 2 is 1.78 bits per heavy atom. The van der Waals surface area contributed by atoms with Crippen LogP contribution < -0.4 is 0 Å². The lowest BCUT2D eigenvalue weighted by molar-refractivity contribution is -0.397. The van der Waals surface area contributed by atoms with Crippen molar-refractivity contribution in [2.24, 2.45) is 7.05 Å². The van der Waals surface area contributed by atoms with Crippen LogP contribution in [-0.4, -0.2) is 27.8 Å². The quantitative estimate of drug-likeness (QED) is 0.469. The zero-order valence-electron chi connectivity index (χ0n) is 8.63. The lowest BCUT2D eigenvalue weighted by atomic mass is 10.3. The van der Waals surface area contributed by atoms with Gasteiger partial charge in [-0.05, 0) is 12.1 Å². The van der Waals surface area contributed by atoms with Gasteiger partial charge < -0.3 is 4.57 Å². The average Bonchev–Trinajstić information content (AvgIpc) is 2.56. The normalized spacial score (nSPS) is 12.7. The summed E-state index contributed by atoms with van der Waals surface area (Å²) in [5, 5.41) is 8.80. The molecule has 1 heterocycles. The Morgan fingerprint density at radius 3 is 2.11 bits per heavy atom. The van der Waals surface area contributed by atoms with Crippen molar-refractivity contribution in [3.8, 4) is 0 Å². The summed E-state index contributed by atoms with van der Waals surface area (Å²) >= 11 is 5.46. The molecule has 1 rings (SSSR count). The molecule has 1 radical (unpaired) electrons. The maximum Gasteiger partial charge on any atom is 0.478 e. The number of rotatable bonds is 2. The van der Waals surface area contributed by atoms with Gasteiger partial charge in [0.25, 0.3) is 0 Å². The summed E-state index contributed by atoms with van der Waals surface area (Å²) in [6.45, 7) is 0. The number of carbonyl (C=O) groups is 1. The first-order chi connectivity index (χ1) is 8.00. The van der Waals surface area contributed by atoms with Crippen LogP contribution in [-0.2, 0) is 12.3 Å². The van der Waals surface area contributed by atoms with Crippen LogP contribution in [0.25, 0.3) is 0 Å². The number of hydroxylamine groups is 2. The van der Waals surface area contributed by atoms with Gasteiger partial charge in [-0.25, -0.2) is 0 Å². The van der Waals surface area contributed by atoms with Gasteiger partial charge in [0.15, 0.2) is 0 Å². The van der Waals surface area contributed by atoms with Crippen molar-refractivity contribution in [3.63, 3.8) is 0 Å². The van der Waals surface area contributed by atoms with Crippen molar-refractivity contribution in [3.05, 3.63) is 23.0 Å². The Labute approximate surface area is 102 Å². The highest BCUT2D eigenvalue weighted by Crippen LogP contribution is 2.38. The molecule has 0 aliphatic heterocycles. The van der Waals surface area contributed by atoms with E-state index in [-0.39, 0.29) is 5.15 Å². The SMILES string of the molecule is Cn1c(Cl)ccc1C(=O)N([O])C(F)(F)C(F)(F)F. The van der Waals surface area contributed by atoms with E-state index in [1.54, 1.807) is 0 Å². The summed E-state index contributed by atoms with van der Waals surface area (Å²) in [7, 11) is 1.13. The number of halogens is 6. The number of nitrogens with zero attached hydrogens (tertiary/aromatic N) is 2. The molecule has 0 N–H and O–H groups in total. The van der Waals surface area contributed by atoms with Crippen molar-refractivity contribution in [1.29, 1.82) is 0 Å². The molecule has 0 saturated carbocycles. The second-order valence-electron chi connectivity index (χ2n) is 3.24. The molecule has 4 nitrogen and oxygen atoms in total. The van der Waals surface area contributed by atoms with E-state index in [0.717, 1.165) is 23.7 Å². The zero-order valence-corrected chi connectivity index (χ0v) is 9.39. The molecule has 0 aliphatic rings. The maximum atomic E-state index is 12.6. The molecule has 1 aromatic rings. The summed E-state index contributed by atoms with van der Waals surface area (Å²) in [5.41, 5.74) is -0.682. The topological polar surface area (TPSA) is 45.1 Å². The van der Waals surface area contributed by atoms with E-state index >= 15 is 0 Å². The lowest BCUT2D eigenvalue weighted by Gasteiger charge is -2.24. The van der Waals surface area contributed by atoms with Gasteiger partial charge in [0.2, 0.25) is 0 Å². The first kappa shape index (κ1) is 14.7. The standard InChI is InChI=1S/C8H5ClF5N2O2/c1-15-4(2-3-5(15)9)6(17)16(18)8(13,14)7(10,11)12/h2-3H,1H3. The fourth-order valence-corrected chi connectivity index (χ4v) is 1.20. The minimum absolute atomic E-state index is 0.0953. The molecule has 0 aromatic carbocycles. The summed E-state index contributed by atoms with van der Waals surface area (Å²) in [6.07, 6.45) is -6.15. The van der Waals surface area contributed by atoms with Crippen LogP contribution in [0.5, 0.6) is 0 Å². The van der Waals surface area contributed by atoms with E-state index in [1.807, 2.05) is 0 Å². The predicted molar refractivity (Wildman–Crippen MR) is 48.3 cm³/mol. The Morgan fingerprint density at radius 1 is 1.28 bits per heavy atom. The van der Waals surface area contributed by atoms with Crippen molar-refractivity contribution in [1.82, 2.24) is 9.63 Å². The summed E-state index contributed by atoms with van der Waals surface area (Å²) in [4.78, 5) is 11.2. The number of hydrogen-bond donors (Lipinski definition) is 0. The molecule has 1 aromatic heterocycles. The molecule has 0 spiro atoms. The van der Waals surface area contributed by atoms with Gasteiger partial charge in [-0.15, -0.1) is 5.06 Å². The molecule has 1 amide bonds. The van der Waals surface area contributed by atoms with Gasteiger partial charge in [0.1, 0.15) is 10.8 Å². The molecule has 0 saturated heterocycles.